The topological polar surface area (TPSA) is 69.6 Å². The van der Waals surface area contributed by atoms with Crippen LogP contribution in [0, 0.1) is 0 Å². The van der Waals surface area contributed by atoms with Crippen molar-refractivity contribution >= 4 is 21.9 Å². The van der Waals surface area contributed by atoms with E-state index in [0.717, 1.165) is 22.9 Å². The van der Waals surface area contributed by atoms with Gasteiger partial charge in [0.2, 0.25) is 0 Å². The van der Waals surface area contributed by atoms with Crippen molar-refractivity contribution in [2.45, 2.75) is 38.8 Å². The fraction of sp³-hybridized carbons (Fsp3) is 0.500. The molecule has 0 atom stereocenters. The standard InChI is InChI=1S/C14H20BrNO3/c1-3-14(4-2,9-17)16-8-11-6-5-10(13(18)19)7-12(11)15/h5-7,16-17H,3-4,8-9H2,1-2H3,(H,18,19). The van der Waals surface area contributed by atoms with Crippen molar-refractivity contribution in [1.29, 1.82) is 0 Å². The molecule has 0 spiro atoms. The molecule has 1 rings (SSSR count). The SMILES string of the molecule is CCC(CC)(CO)NCc1ccc(C(=O)O)cc1Br. The second-order valence-corrected chi connectivity index (χ2v) is 5.46. The summed E-state index contributed by atoms with van der Waals surface area (Å²) in [6.07, 6.45) is 1.68. The highest BCUT2D eigenvalue weighted by Gasteiger charge is 2.24. The van der Waals surface area contributed by atoms with Crippen LogP contribution in [0.25, 0.3) is 0 Å². The second kappa shape index (κ2) is 7.03. The summed E-state index contributed by atoms with van der Waals surface area (Å²) in [6.45, 7) is 4.75. The number of rotatable bonds is 7. The van der Waals surface area contributed by atoms with E-state index in [-0.39, 0.29) is 17.7 Å². The molecular formula is C14H20BrNO3. The average molecular weight is 330 g/mol. The van der Waals surface area contributed by atoms with Gasteiger partial charge in [-0.05, 0) is 30.5 Å². The third-order valence-electron chi connectivity index (χ3n) is 3.61. The monoisotopic (exact) mass is 329 g/mol. The number of carboxylic acid groups (broad SMARTS) is 1. The van der Waals surface area contributed by atoms with Gasteiger partial charge in [0.25, 0.3) is 0 Å². The molecule has 0 amide bonds. The van der Waals surface area contributed by atoms with Gasteiger partial charge in [0, 0.05) is 16.6 Å². The molecule has 0 saturated heterocycles. The van der Waals surface area contributed by atoms with Gasteiger partial charge in [-0.15, -0.1) is 0 Å². The van der Waals surface area contributed by atoms with Crippen molar-refractivity contribution < 1.29 is 15.0 Å². The summed E-state index contributed by atoms with van der Waals surface area (Å²) in [7, 11) is 0. The summed E-state index contributed by atoms with van der Waals surface area (Å²) >= 11 is 3.38. The zero-order chi connectivity index (χ0) is 14.5. The molecular weight excluding hydrogens is 310 g/mol. The van der Waals surface area contributed by atoms with Crippen molar-refractivity contribution in [3.63, 3.8) is 0 Å². The van der Waals surface area contributed by atoms with E-state index in [1.807, 2.05) is 13.8 Å². The van der Waals surface area contributed by atoms with Gasteiger partial charge in [-0.25, -0.2) is 4.79 Å². The number of hydrogen-bond acceptors (Lipinski definition) is 3. The van der Waals surface area contributed by atoms with Crippen LogP contribution in [0.4, 0.5) is 0 Å². The predicted molar refractivity (Wildman–Crippen MR) is 78.3 cm³/mol. The largest absolute Gasteiger partial charge is 0.478 e. The number of carbonyl (C=O) groups is 1. The third-order valence-corrected chi connectivity index (χ3v) is 4.35. The van der Waals surface area contributed by atoms with Crippen LogP contribution < -0.4 is 5.32 Å². The molecule has 5 heteroatoms. The van der Waals surface area contributed by atoms with E-state index in [1.165, 1.54) is 0 Å². The van der Waals surface area contributed by atoms with Gasteiger partial charge in [0.15, 0.2) is 0 Å². The highest BCUT2D eigenvalue weighted by molar-refractivity contribution is 9.10. The summed E-state index contributed by atoms with van der Waals surface area (Å²) < 4.78 is 0.763. The Hall–Kier alpha value is -0.910. The number of hydrogen-bond donors (Lipinski definition) is 3. The first-order valence-electron chi connectivity index (χ1n) is 6.35. The van der Waals surface area contributed by atoms with Crippen LogP contribution >= 0.6 is 15.9 Å². The van der Waals surface area contributed by atoms with Gasteiger partial charge in [0.1, 0.15) is 0 Å². The molecule has 0 aromatic heterocycles. The third kappa shape index (κ3) is 4.03. The lowest BCUT2D eigenvalue weighted by molar-refractivity contribution is 0.0697. The van der Waals surface area contributed by atoms with Crippen molar-refractivity contribution in [3.05, 3.63) is 33.8 Å². The summed E-state index contributed by atoms with van der Waals surface area (Å²) in [5, 5.41) is 21.8. The highest BCUT2D eigenvalue weighted by Crippen LogP contribution is 2.21. The van der Waals surface area contributed by atoms with Gasteiger partial charge in [-0.3, -0.25) is 0 Å². The first-order chi connectivity index (χ1) is 8.98. The Morgan fingerprint density at radius 1 is 1.37 bits per heavy atom. The summed E-state index contributed by atoms with van der Waals surface area (Å²) in [5.74, 6) is -0.938. The maximum atomic E-state index is 10.9. The van der Waals surface area contributed by atoms with Crippen LogP contribution in [0.15, 0.2) is 22.7 Å². The number of nitrogens with one attached hydrogen (secondary N) is 1. The molecule has 19 heavy (non-hydrogen) atoms. The Balaban J connectivity index is 2.80. The quantitative estimate of drug-likeness (QED) is 0.719. The van der Waals surface area contributed by atoms with Crippen LogP contribution in [0.2, 0.25) is 0 Å². The molecule has 0 fully saturated rings. The van der Waals surface area contributed by atoms with E-state index in [1.54, 1.807) is 18.2 Å². The minimum atomic E-state index is -0.938. The van der Waals surface area contributed by atoms with E-state index in [4.69, 9.17) is 5.11 Å². The Labute approximate surface area is 122 Å². The van der Waals surface area contributed by atoms with Gasteiger partial charge >= 0.3 is 5.97 Å². The summed E-state index contributed by atoms with van der Waals surface area (Å²) in [6, 6.07) is 4.97. The van der Waals surface area contributed by atoms with Crippen LogP contribution in [-0.4, -0.2) is 28.3 Å². The zero-order valence-electron chi connectivity index (χ0n) is 11.2. The van der Waals surface area contributed by atoms with Crippen LogP contribution in [0.5, 0.6) is 0 Å². The molecule has 3 N–H and O–H groups in total. The number of aliphatic hydroxyl groups excluding tert-OH is 1. The molecule has 0 saturated carbocycles. The lowest BCUT2D eigenvalue weighted by Gasteiger charge is -2.31. The van der Waals surface area contributed by atoms with Crippen LogP contribution in [-0.2, 0) is 6.54 Å². The van der Waals surface area contributed by atoms with Crippen molar-refractivity contribution in [1.82, 2.24) is 5.32 Å². The lowest BCUT2D eigenvalue weighted by atomic mass is 9.93. The Morgan fingerprint density at radius 2 is 2.00 bits per heavy atom. The maximum absolute atomic E-state index is 10.9. The smallest absolute Gasteiger partial charge is 0.335 e. The molecule has 0 aliphatic heterocycles. The fourth-order valence-corrected chi connectivity index (χ4v) is 2.40. The van der Waals surface area contributed by atoms with Crippen molar-refractivity contribution in [2.75, 3.05) is 6.61 Å². The Morgan fingerprint density at radius 3 is 2.42 bits per heavy atom. The first-order valence-corrected chi connectivity index (χ1v) is 7.15. The molecule has 0 aliphatic carbocycles. The van der Waals surface area contributed by atoms with E-state index in [9.17, 15) is 9.90 Å². The summed E-state index contributed by atoms with van der Waals surface area (Å²) in [4.78, 5) is 10.9. The maximum Gasteiger partial charge on any atom is 0.335 e. The number of aliphatic hydroxyl groups is 1. The lowest BCUT2D eigenvalue weighted by Crippen LogP contribution is -2.47. The van der Waals surface area contributed by atoms with E-state index >= 15 is 0 Å². The fourth-order valence-electron chi connectivity index (χ4n) is 1.89. The number of halogens is 1. The van der Waals surface area contributed by atoms with Gasteiger partial charge < -0.3 is 15.5 Å². The highest BCUT2D eigenvalue weighted by atomic mass is 79.9. The van der Waals surface area contributed by atoms with Crippen LogP contribution in [0.3, 0.4) is 0 Å². The Kier molecular flexibility index (Phi) is 5.97. The molecule has 0 aliphatic rings. The minimum Gasteiger partial charge on any atom is -0.478 e. The van der Waals surface area contributed by atoms with Gasteiger partial charge in [0.05, 0.1) is 12.2 Å². The normalized spacial score (nSPS) is 11.6. The Bertz CT molecular complexity index is 436. The summed E-state index contributed by atoms with van der Waals surface area (Å²) in [5.41, 5.74) is 0.963. The molecule has 0 unspecified atom stereocenters. The van der Waals surface area contributed by atoms with Crippen LogP contribution in [0.1, 0.15) is 42.6 Å². The predicted octanol–water partition coefficient (Wildman–Crippen LogP) is 2.79. The van der Waals surface area contributed by atoms with Gasteiger partial charge in [-0.2, -0.15) is 0 Å². The van der Waals surface area contributed by atoms with E-state index in [2.05, 4.69) is 21.2 Å². The second-order valence-electron chi connectivity index (χ2n) is 4.61. The molecule has 1 aromatic rings. The molecule has 0 heterocycles. The molecule has 0 bridgehead atoms. The molecule has 0 radical (unpaired) electrons. The van der Waals surface area contributed by atoms with Gasteiger partial charge in [-0.1, -0.05) is 35.8 Å². The number of aromatic carboxylic acids is 1. The molecule has 4 nitrogen and oxygen atoms in total. The molecule has 106 valence electrons. The average Bonchev–Trinajstić information content (AvgIpc) is 2.42. The minimum absolute atomic E-state index is 0.0881. The van der Waals surface area contributed by atoms with Crippen molar-refractivity contribution in [3.8, 4) is 0 Å². The van der Waals surface area contributed by atoms with Crippen molar-refractivity contribution in [2.24, 2.45) is 0 Å². The molecule has 1 aromatic carbocycles. The number of carboxylic acids is 1. The first kappa shape index (κ1) is 16.1. The zero-order valence-corrected chi connectivity index (χ0v) is 12.8. The number of benzene rings is 1. The van der Waals surface area contributed by atoms with E-state index < -0.39 is 5.97 Å². The van der Waals surface area contributed by atoms with E-state index in [0.29, 0.717) is 6.54 Å².